The molecule has 2 aliphatic rings. The Kier molecular flexibility index (Phi) is 7.91. The minimum absolute atomic E-state index is 0.398. The lowest BCUT2D eigenvalue weighted by Gasteiger charge is -2.35. The molecule has 7 heteroatoms. The molecule has 2 saturated heterocycles. The van der Waals surface area contributed by atoms with Gasteiger partial charge in [-0.15, -0.1) is 0 Å². The lowest BCUT2D eigenvalue weighted by Crippen LogP contribution is -2.47. The number of piperidine rings is 1. The number of pyridine rings is 1. The van der Waals surface area contributed by atoms with Crippen LogP contribution >= 0.6 is 0 Å². The average molecular weight is 389 g/mol. The first-order valence-corrected chi connectivity index (χ1v) is 10.7. The summed E-state index contributed by atoms with van der Waals surface area (Å²) in [5, 5.41) is 3.49. The van der Waals surface area contributed by atoms with Gasteiger partial charge in [0.15, 0.2) is 5.96 Å². The van der Waals surface area contributed by atoms with Gasteiger partial charge in [-0.1, -0.05) is 13.0 Å². The molecular formula is C21H36N6O. The van der Waals surface area contributed by atoms with E-state index in [1.807, 2.05) is 13.2 Å². The van der Waals surface area contributed by atoms with Crippen molar-refractivity contribution in [1.29, 1.82) is 0 Å². The third-order valence-electron chi connectivity index (χ3n) is 5.76. The Morgan fingerprint density at radius 1 is 1.14 bits per heavy atom. The second-order valence-electron chi connectivity index (χ2n) is 7.49. The molecule has 0 bridgehead atoms. The van der Waals surface area contributed by atoms with E-state index < -0.39 is 0 Å². The number of nitrogens with one attached hydrogen (secondary N) is 1. The van der Waals surface area contributed by atoms with Crippen molar-refractivity contribution in [1.82, 2.24) is 20.1 Å². The van der Waals surface area contributed by atoms with Crippen molar-refractivity contribution in [3.05, 3.63) is 23.9 Å². The third-order valence-corrected chi connectivity index (χ3v) is 5.76. The predicted octanol–water partition coefficient (Wildman–Crippen LogP) is 1.80. The monoisotopic (exact) mass is 388 g/mol. The van der Waals surface area contributed by atoms with Crippen LogP contribution in [-0.4, -0.2) is 86.3 Å². The Morgan fingerprint density at radius 3 is 2.46 bits per heavy atom. The topological polar surface area (TPSA) is 56.2 Å². The Bertz CT molecular complexity index is 604. The van der Waals surface area contributed by atoms with Crippen LogP contribution in [0.15, 0.2) is 23.3 Å². The quantitative estimate of drug-likeness (QED) is 0.592. The van der Waals surface area contributed by atoms with E-state index in [1.54, 1.807) is 0 Å². The molecule has 156 valence electrons. The van der Waals surface area contributed by atoms with Crippen molar-refractivity contribution in [3.63, 3.8) is 0 Å². The minimum atomic E-state index is 0.398. The molecule has 0 amide bonds. The van der Waals surface area contributed by atoms with Gasteiger partial charge in [-0.3, -0.25) is 4.99 Å². The fourth-order valence-electron chi connectivity index (χ4n) is 3.98. The Morgan fingerprint density at radius 2 is 1.89 bits per heavy atom. The van der Waals surface area contributed by atoms with Crippen molar-refractivity contribution >= 4 is 11.8 Å². The standard InChI is InChI=1S/C21H36N6O/c1-4-25-12-14-26(15-13-25)20-7-6-18(16-23-20)17-24-21(22-3)27-10-8-19(9-11-27)28-5-2/h6-7,16,19H,4-5,8-15,17H2,1-3H3,(H,22,24). The van der Waals surface area contributed by atoms with Gasteiger partial charge in [0.2, 0.25) is 0 Å². The highest BCUT2D eigenvalue weighted by Crippen LogP contribution is 2.15. The van der Waals surface area contributed by atoms with E-state index in [4.69, 9.17) is 9.72 Å². The van der Waals surface area contributed by atoms with Crippen molar-refractivity contribution < 1.29 is 4.74 Å². The van der Waals surface area contributed by atoms with Gasteiger partial charge >= 0.3 is 0 Å². The Labute approximate surface area is 169 Å². The van der Waals surface area contributed by atoms with Crippen LogP contribution in [0.2, 0.25) is 0 Å². The van der Waals surface area contributed by atoms with E-state index in [0.717, 1.165) is 83.6 Å². The maximum atomic E-state index is 5.75. The zero-order valence-corrected chi connectivity index (χ0v) is 17.7. The summed E-state index contributed by atoms with van der Waals surface area (Å²) in [6, 6.07) is 4.32. The lowest BCUT2D eigenvalue weighted by atomic mass is 10.1. The fourth-order valence-corrected chi connectivity index (χ4v) is 3.98. The van der Waals surface area contributed by atoms with Crippen molar-refractivity contribution in [2.45, 2.75) is 39.3 Å². The molecule has 7 nitrogen and oxygen atoms in total. The van der Waals surface area contributed by atoms with Crippen molar-refractivity contribution in [2.24, 2.45) is 4.99 Å². The van der Waals surface area contributed by atoms with Crippen LogP contribution in [0.4, 0.5) is 5.82 Å². The summed E-state index contributed by atoms with van der Waals surface area (Å²) in [7, 11) is 1.86. The van der Waals surface area contributed by atoms with Gasteiger partial charge in [0.05, 0.1) is 6.10 Å². The van der Waals surface area contributed by atoms with Crippen LogP contribution in [0.1, 0.15) is 32.3 Å². The Balaban J connectivity index is 1.46. The number of ether oxygens (including phenoxy) is 1. The SMILES string of the molecule is CCOC1CCN(C(=NC)NCc2ccc(N3CCN(CC)CC3)nc2)CC1. The number of anilines is 1. The number of guanidine groups is 1. The number of hydrogen-bond donors (Lipinski definition) is 1. The molecule has 0 unspecified atom stereocenters. The van der Waals surface area contributed by atoms with Gasteiger partial charge in [0.25, 0.3) is 0 Å². The molecule has 2 fully saturated rings. The van der Waals surface area contributed by atoms with E-state index in [1.165, 1.54) is 5.56 Å². The zero-order valence-electron chi connectivity index (χ0n) is 17.7. The highest BCUT2D eigenvalue weighted by Gasteiger charge is 2.21. The van der Waals surface area contributed by atoms with Crippen LogP contribution in [0.5, 0.6) is 0 Å². The zero-order chi connectivity index (χ0) is 19.8. The molecule has 0 spiro atoms. The van der Waals surface area contributed by atoms with Crippen LogP contribution in [-0.2, 0) is 11.3 Å². The van der Waals surface area contributed by atoms with Gasteiger partial charge in [-0.2, -0.15) is 0 Å². The molecule has 1 N–H and O–H groups in total. The third kappa shape index (κ3) is 5.58. The summed E-state index contributed by atoms with van der Waals surface area (Å²) in [6.07, 6.45) is 4.52. The second kappa shape index (κ2) is 10.6. The number of hydrogen-bond acceptors (Lipinski definition) is 5. The maximum Gasteiger partial charge on any atom is 0.193 e. The second-order valence-corrected chi connectivity index (χ2v) is 7.49. The normalized spacial score (nSPS) is 19.9. The first-order chi connectivity index (χ1) is 13.7. The predicted molar refractivity (Wildman–Crippen MR) is 115 cm³/mol. The van der Waals surface area contributed by atoms with E-state index in [0.29, 0.717) is 6.10 Å². The van der Waals surface area contributed by atoms with Gasteiger partial charge in [0.1, 0.15) is 5.82 Å². The molecule has 3 heterocycles. The number of aromatic nitrogens is 1. The van der Waals surface area contributed by atoms with Gasteiger partial charge in [-0.25, -0.2) is 4.98 Å². The van der Waals surface area contributed by atoms with Gasteiger partial charge in [0, 0.05) is 65.7 Å². The molecule has 0 radical (unpaired) electrons. The Hall–Kier alpha value is -1.86. The molecule has 2 aliphatic heterocycles. The first-order valence-electron chi connectivity index (χ1n) is 10.7. The highest BCUT2D eigenvalue weighted by molar-refractivity contribution is 5.79. The summed E-state index contributed by atoms with van der Waals surface area (Å²) < 4.78 is 5.75. The summed E-state index contributed by atoms with van der Waals surface area (Å²) in [5.74, 6) is 2.05. The van der Waals surface area contributed by atoms with Crippen molar-refractivity contribution in [3.8, 4) is 0 Å². The van der Waals surface area contributed by atoms with Gasteiger partial charge < -0.3 is 24.8 Å². The summed E-state index contributed by atoms with van der Waals surface area (Å²) >= 11 is 0. The number of nitrogens with zero attached hydrogens (tertiary/aromatic N) is 5. The summed E-state index contributed by atoms with van der Waals surface area (Å²) in [5.41, 5.74) is 1.18. The molecule has 0 atom stereocenters. The maximum absolute atomic E-state index is 5.75. The fraction of sp³-hybridized carbons (Fsp3) is 0.714. The van der Waals surface area contributed by atoms with Crippen LogP contribution < -0.4 is 10.2 Å². The number of rotatable bonds is 6. The molecule has 1 aromatic rings. The molecule has 28 heavy (non-hydrogen) atoms. The van der Waals surface area contributed by atoms with E-state index in [9.17, 15) is 0 Å². The molecule has 1 aromatic heterocycles. The average Bonchev–Trinajstić information content (AvgIpc) is 2.76. The number of piperazine rings is 1. The molecule has 0 saturated carbocycles. The van der Waals surface area contributed by atoms with E-state index in [2.05, 4.69) is 51.0 Å². The number of likely N-dealkylation sites (tertiary alicyclic amines) is 1. The minimum Gasteiger partial charge on any atom is -0.378 e. The lowest BCUT2D eigenvalue weighted by molar-refractivity contribution is 0.0263. The van der Waals surface area contributed by atoms with Crippen molar-refractivity contribution in [2.75, 3.05) is 64.4 Å². The van der Waals surface area contributed by atoms with E-state index >= 15 is 0 Å². The summed E-state index contributed by atoms with van der Waals surface area (Å²) in [6.45, 7) is 13.3. The number of likely N-dealkylation sites (N-methyl/N-ethyl adjacent to an activating group) is 1. The van der Waals surface area contributed by atoms with Gasteiger partial charge in [-0.05, 0) is 37.9 Å². The van der Waals surface area contributed by atoms with Crippen LogP contribution in [0.3, 0.4) is 0 Å². The first kappa shape index (κ1) is 20.9. The highest BCUT2D eigenvalue weighted by atomic mass is 16.5. The molecular weight excluding hydrogens is 352 g/mol. The molecule has 3 rings (SSSR count). The largest absolute Gasteiger partial charge is 0.378 e. The molecule has 0 aromatic carbocycles. The molecule has 0 aliphatic carbocycles. The smallest absolute Gasteiger partial charge is 0.193 e. The van der Waals surface area contributed by atoms with Crippen LogP contribution in [0, 0.1) is 0 Å². The van der Waals surface area contributed by atoms with Crippen LogP contribution in [0.25, 0.3) is 0 Å². The summed E-state index contributed by atoms with van der Waals surface area (Å²) in [4.78, 5) is 16.3. The van der Waals surface area contributed by atoms with E-state index in [-0.39, 0.29) is 0 Å². The number of aliphatic imine (C=N–C) groups is 1.